The Labute approximate surface area is 143 Å². The quantitative estimate of drug-likeness (QED) is 0.501. The smallest absolute Gasteiger partial charge is 0.141 e. The van der Waals surface area contributed by atoms with Gasteiger partial charge in [0.2, 0.25) is 0 Å². The van der Waals surface area contributed by atoms with E-state index in [4.69, 9.17) is 4.74 Å². The number of imidazole rings is 1. The highest BCUT2D eigenvalue weighted by atomic mass is 28.3. The Bertz CT molecular complexity index is 837. The van der Waals surface area contributed by atoms with E-state index in [9.17, 15) is 5.11 Å². The molecule has 24 heavy (non-hydrogen) atoms. The summed E-state index contributed by atoms with van der Waals surface area (Å²) in [4.78, 5) is 7.70. The fraction of sp³-hybridized carbons (Fsp3) is 0.316. The van der Waals surface area contributed by atoms with Crippen molar-refractivity contribution in [2.45, 2.75) is 32.3 Å². The molecule has 0 unspecified atom stereocenters. The van der Waals surface area contributed by atoms with Gasteiger partial charge in [0.25, 0.3) is 0 Å². The van der Waals surface area contributed by atoms with Crippen LogP contribution in [0.15, 0.2) is 42.6 Å². The highest BCUT2D eigenvalue weighted by Crippen LogP contribution is 2.31. The van der Waals surface area contributed by atoms with Crippen molar-refractivity contribution in [3.63, 3.8) is 0 Å². The Morgan fingerprint density at radius 3 is 2.54 bits per heavy atom. The van der Waals surface area contributed by atoms with E-state index in [1.165, 1.54) is 0 Å². The zero-order valence-electron chi connectivity index (χ0n) is 14.5. The lowest BCUT2D eigenvalue weighted by molar-refractivity contribution is 0.131. The van der Waals surface area contributed by atoms with Crippen LogP contribution in [0.4, 0.5) is 0 Å². The molecule has 0 bridgehead atoms. The van der Waals surface area contributed by atoms with E-state index < -0.39 is 8.07 Å². The molecule has 0 aliphatic rings. The molecular formula is C19H24N2O2Si. The first-order chi connectivity index (χ1) is 11.4. The van der Waals surface area contributed by atoms with E-state index in [2.05, 4.69) is 29.6 Å². The molecular weight excluding hydrogens is 316 g/mol. The molecule has 0 spiro atoms. The molecule has 2 N–H and O–H groups in total. The number of phenolic OH excluding ortho intramolecular Hbond substituents is 1. The maximum atomic E-state index is 10.3. The maximum Gasteiger partial charge on any atom is 0.141 e. The van der Waals surface area contributed by atoms with Crippen LogP contribution >= 0.6 is 0 Å². The van der Waals surface area contributed by atoms with Gasteiger partial charge < -0.3 is 14.8 Å². The third kappa shape index (κ3) is 4.04. The predicted octanol–water partition coefficient (Wildman–Crippen LogP) is 4.79. The third-order valence-electron chi connectivity index (χ3n) is 4.00. The van der Waals surface area contributed by atoms with Crippen LogP contribution in [0.25, 0.3) is 22.2 Å². The van der Waals surface area contributed by atoms with Crippen molar-refractivity contribution in [1.29, 1.82) is 0 Å². The fourth-order valence-corrected chi connectivity index (χ4v) is 3.30. The largest absolute Gasteiger partial charge is 0.507 e. The van der Waals surface area contributed by atoms with Crippen LogP contribution in [-0.2, 0) is 11.3 Å². The number of H-pyrrole nitrogens is 1. The lowest BCUT2D eigenvalue weighted by Crippen LogP contribution is -2.21. The van der Waals surface area contributed by atoms with E-state index >= 15 is 0 Å². The van der Waals surface area contributed by atoms with Crippen molar-refractivity contribution in [3.05, 3.63) is 48.3 Å². The summed E-state index contributed by atoms with van der Waals surface area (Å²) in [6.45, 7) is 8.29. The lowest BCUT2D eigenvalue weighted by atomic mass is 10.1. The third-order valence-corrected chi connectivity index (χ3v) is 5.70. The topological polar surface area (TPSA) is 58.1 Å². The summed E-state index contributed by atoms with van der Waals surface area (Å²) in [5.74, 6) is 0.899. The van der Waals surface area contributed by atoms with Crippen molar-refractivity contribution in [2.75, 3.05) is 6.61 Å². The van der Waals surface area contributed by atoms with Crippen LogP contribution < -0.4 is 0 Å². The van der Waals surface area contributed by atoms with E-state index in [1.807, 2.05) is 36.5 Å². The summed E-state index contributed by atoms with van der Waals surface area (Å²) in [6, 6.07) is 12.8. The molecule has 2 aromatic carbocycles. The fourth-order valence-electron chi connectivity index (χ4n) is 2.54. The Hall–Kier alpha value is -2.11. The highest BCUT2D eigenvalue weighted by molar-refractivity contribution is 6.76. The molecule has 4 nitrogen and oxygen atoms in total. The van der Waals surface area contributed by atoms with E-state index in [0.29, 0.717) is 18.0 Å². The summed E-state index contributed by atoms with van der Waals surface area (Å²) >= 11 is 0. The minimum absolute atomic E-state index is 0.231. The first-order valence-corrected chi connectivity index (χ1v) is 12.0. The Morgan fingerprint density at radius 1 is 1.12 bits per heavy atom. The van der Waals surface area contributed by atoms with Gasteiger partial charge >= 0.3 is 0 Å². The molecule has 0 aliphatic carbocycles. The number of hydrogen-bond donors (Lipinski definition) is 2. The minimum atomic E-state index is -1.06. The molecule has 3 aromatic rings. The molecule has 1 aromatic heterocycles. The van der Waals surface area contributed by atoms with Gasteiger partial charge in [-0.25, -0.2) is 4.98 Å². The average molecular weight is 340 g/mol. The molecule has 1 heterocycles. The summed E-state index contributed by atoms with van der Waals surface area (Å²) in [6.07, 6.45) is 1.85. The second-order valence-electron chi connectivity index (χ2n) is 7.32. The summed E-state index contributed by atoms with van der Waals surface area (Å²) in [5, 5.41) is 12.4. The van der Waals surface area contributed by atoms with Crippen LogP contribution in [0.2, 0.25) is 25.7 Å². The van der Waals surface area contributed by atoms with Crippen LogP contribution in [0.1, 0.15) is 5.69 Å². The van der Waals surface area contributed by atoms with Gasteiger partial charge in [0.05, 0.1) is 17.9 Å². The van der Waals surface area contributed by atoms with Crippen molar-refractivity contribution in [1.82, 2.24) is 9.97 Å². The van der Waals surface area contributed by atoms with Crippen molar-refractivity contribution in [2.24, 2.45) is 0 Å². The molecule has 126 valence electrons. The first-order valence-electron chi connectivity index (χ1n) is 8.26. The van der Waals surface area contributed by atoms with E-state index in [-0.39, 0.29) is 5.75 Å². The summed E-state index contributed by atoms with van der Waals surface area (Å²) in [7, 11) is -1.06. The van der Waals surface area contributed by atoms with Gasteiger partial charge in [0.15, 0.2) is 0 Å². The Morgan fingerprint density at radius 2 is 1.83 bits per heavy atom. The molecule has 0 radical (unpaired) electrons. The molecule has 0 aliphatic heterocycles. The van der Waals surface area contributed by atoms with Crippen molar-refractivity contribution >= 4 is 18.8 Å². The molecule has 0 amide bonds. The number of aromatic nitrogens is 2. The van der Waals surface area contributed by atoms with Crippen LogP contribution in [0.3, 0.4) is 0 Å². The van der Waals surface area contributed by atoms with Gasteiger partial charge in [-0.2, -0.15) is 0 Å². The van der Waals surface area contributed by atoms with Crippen molar-refractivity contribution < 1.29 is 9.84 Å². The Kier molecular flexibility index (Phi) is 4.73. The van der Waals surface area contributed by atoms with Gasteiger partial charge in [-0.05, 0) is 28.9 Å². The van der Waals surface area contributed by atoms with E-state index in [0.717, 1.165) is 29.1 Å². The summed E-state index contributed by atoms with van der Waals surface area (Å²) < 4.78 is 5.74. The highest BCUT2D eigenvalue weighted by Gasteiger charge is 2.13. The SMILES string of the molecule is C[Si](C)(C)CCOCc1c[nH]c(-c2cc3ccccc3cc2O)n1. The van der Waals surface area contributed by atoms with Crippen LogP contribution in [0.5, 0.6) is 5.75 Å². The van der Waals surface area contributed by atoms with Gasteiger partial charge in [-0.15, -0.1) is 0 Å². The normalized spacial score (nSPS) is 12.0. The molecule has 0 saturated heterocycles. The number of nitrogens with one attached hydrogen (secondary N) is 1. The number of benzene rings is 2. The van der Waals surface area contributed by atoms with Gasteiger partial charge in [0, 0.05) is 20.9 Å². The van der Waals surface area contributed by atoms with Crippen LogP contribution in [-0.4, -0.2) is 29.8 Å². The molecule has 0 atom stereocenters. The summed E-state index contributed by atoms with van der Waals surface area (Å²) in [5.41, 5.74) is 1.56. The number of phenols is 1. The number of fused-ring (bicyclic) bond motifs is 1. The zero-order chi connectivity index (χ0) is 17.2. The molecule has 5 heteroatoms. The first kappa shape index (κ1) is 16.7. The number of aromatic hydroxyl groups is 1. The Balaban J connectivity index is 1.72. The standard InChI is InChI=1S/C19H24N2O2Si/c1-24(2,3)9-8-23-13-16-12-20-19(21-16)17-10-14-6-4-5-7-15(14)11-18(17)22/h4-7,10-12,22H,8-9,13H2,1-3H3,(H,20,21). The molecule has 0 fully saturated rings. The van der Waals surface area contributed by atoms with Gasteiger partial charge in [-0.3, -0.25) is 0 Å². The number of hydrogen-bond acceptors (Lipinski definition) is 3. The maximum absolute atomic E-state index is 10.3. The van der Waals surface area contributed by atoms with Crippen molar-refractivity contribution in [3.8, 4) is 17.1 Å². The van der Waals surface area contributed by atoms with Crippen LogP contribution in [0, 0.1) is 0 Å². The molecule has 3 rings (SSSR count). The number of aromatic amines is 1. The monoisotopic (exact) mass is 340 g/mol. The van der Waals surface area contributed by atoms with E-state index in [1.54, 1.807) is 6.07 Å². The zero-order valence-corrected chi connectivity index (χ0v) is 15.5. The average Bonchev–Trinajstić information content (AvgIpc) is 2.98. The minimum Gasteiger partial charge on any atom is -0.507 e. The second kappa shape index (κ2) is 6.79. The molecule has 0 saturated carbocycles. The second-order valence-corrected chi connectivity index (χ2v) is 12.9. The predicted molar refractivity (Wildman–Crippen MR) is 101 cm³/mol. The number of rotatable bonds is 6. The lowest BCUT2D eigenvalue weighted by Gasteiger charge is -2.14. The number of ether oxygens (including phenoxy) is 1. The number of nitrogens with zero attached hydrogens (tertiary/aromatic N) is 1. The van der Waals surface area contributed by atoms with Gasteiger partial charge in [-0.1, -0.05) is 43.9 Å². The van der Waals surface area contributed by atoms with Gasteiger partial charge in [0.1, 0.15) is 11.6 Å².